The molecule has 4 rings (SSSR count). The molecule has 2 heterocycles. The molecule has 1 aromatic carbocycles. The van der Waals surface area contributed by atoms with Crippen LogP contribution in [0, 0.1) is 5.92 Å². The number of fused-ring (bicyclic) bond motifs is 2. The first-order valence-corrected chi connectivity index (χ1v) is 7.90. The number of aromatic nitrogens is 3. The first-order valence-electron chi connectivity index (χ1n) is 7.90. The molecule has 1 aromatic heterocycles. The predicted molar refractivity (Wildman–Crippen MR) is 88.0 cm³/mol. The van der Waals surface area contributed by atoms with Crippen LogP contribution < -0.4 is 5.32 Å². The third-order valence-electron chi connectivity index (χ3n) is 4.45. The predicted octanol–water partition coefficient (Wildman–Crippen LogP) is 3.42. The molecule has 2 unspecified atom stereocenters. The zero-order valence-electron chi connectivity index (χ0n) is 13.0. The summed E-state index contributed by atoms with van der Waals surface area (Å²) in [6.07, 6.45) is 5.49. The Kier molecular flexibility index (Phi) is 3.10. The van der Waals surface area contributed by atoms with Crippen LogP contribution in [0.5, 0.6) is 0 Å². The molecular weight excluding hydrogens is 272 g/mol. The molecule has 4 nitrogen and oxygen atoms in total. The van der Waals surface area contributed by atoms with E-state index in [1.165, 1.54) is 11.4 Å². The van der Waals surface area contributed by atoms with E-state index in [0.717, 1.165) is 30.2 Å². The van der Waals surface area contributed by atoms with Gasteiger partial charge in [0.1, 0.15) is 5.82 Å². The number of hydrogen-bond donors (Lipinski definition) is 1. The molecule has 0 saturated carbocycles. The topological polar surface area (TPSA) is 42.7 Å². The maximum atomic E-state index is 4.50. The van der Waals surface area contributed by atoms with E-state index in [2.05, 4.69) is 58.2 Å². The Bertz CT molecular complexity index is 755. The van der Waals surface area contributed by atoms with Gasteiger partial charge in [-0.15, -0.1) is 10.2 Å². The van der Waals surface area contributed by atoms with Crippen LogP contribution in [-0.4, -0.2) is 21.3 Å². The van der Waals surface area contributed by atoms with E-state index >= 15 is 0 Å². The highest BCUT2D eigenvalue weighted by Gasteiger charge is 2.27. The fourth-order valence-electron chi connectivity index (χ4n) is 3.22. The highest BCUT2D eigenvalue weighted by Crippen LogP contribution is 2.34. The molecule has 0 radical (unpaired) electrons. The summed E-state index contributed by atoms with van der Waals surface area (Å²) >= 11 is 0. The molecule has 1 aliphatic carbocycles. The van der Waals surface area contributed by atoms with Crippen molar-refractivity contribution < 1.29 is 0 Å². The van der Waals surface area contributed by atoms with Crippen molar-refractivity contribution in [3.63, 3.8) is 0 Å². The van der Waals surface area contributed by atoms with Gasteiger partial charge in [-0.05, 0) is 18.4 Å². The van der Waals surface area contributed by atoms with E-state index in [1.807, 2.05) is 18.2 Å². The van der Waals surface area contributed by atoms with Crippen molar-refractivity contribution in [2.24, 2.45) is 5.92 Å². The van der Waals surface area contributed by atoms with Crippen LogP contribution in [0.1, 0.15) is 32.0 Å². The molecule has 0 spiro atoms. The minimum Gasteiger partial charge on any atom is -0.383 e. The summed E-state index contributed by atoms with van der Waals surface area (Å²) in [5.74, 6) is 2.87. The van der Waals surface area contributed by atoms with E-state index in [9.17, 15) is 0 Å². The third kappa shape index (κ3) is 2.06. The Balaban J connectivity index is 1.94. The second-order valence-corrected chi connectivity index (χ2v) is 6.27. The summed E-state index contributed by atoms with van der Waals surface area (Å²) in [5.41, 5.74) is 3.61. The summed E-state index contributed by atoms with van der Waals surface area (Å²) in [5, 5.41) is 12.6. The lowest BCUT2D eigenvalue weighted by Crippen LogP contribution is -2.19. The maximum Gasteiger partial charge on any atom is 0.168 e. The molecular formula is C18H20N4. The van der Waals surface area contributed by atoms with Gasteiger partial charge in [0, 0.05) is 23.7 Å². The van der Waals surface area contributed by atoms with Gasteiger partial charge in [-0.1, -0.05) is 50.3 Å². The van der Waals surface area contributed by atoms with E-state index in [1.54, 1.807) is 0 Å². The van der Waals surface area contributed by atoms with Crippen LogP contribution in [0.2, 0.25) is 0 Å². The highest BCUT2D eigenvalue weighted by molar-refractivity contribution is 5.67. The average molecular weight is 292 g/mol. The Morgan fingerprint density at radius 3 is 2.77 bits per heavy atom. The zero-order chi connectivity index (χ0) is 15.1. The summed E-state index contributed by atoms with van der Waals surface area (Å²) in [7, 11) is 0. The second kappa shape index (κ2) is 5.13. The first kappa shape index (κ1) is 13.3. The summed E-state index contributed by atoms with van der Waals surface area (Å²) < 4.78 is 2.27. The van der Waals surface area contributed by atoms with Crippen LogP contribution in [0.15, 0.2) is 48.2 Å². The van der Waals surface area contributed by atoms with Gasteiger partial charge in [0.2, 0.25) is 0 Å². The molecule has 2 aromatic rings. The van der Waals surface area contributed by atoms with E-state index in [-0.39, 0.29) is 0 Å². The average Bonchev–Trinajstić information content (AvgIpc) is 2.94. The second-order valence-electron chi connectivity index (χ2n) is 6.27. The van der Waals surface area contributed by atoms with Crippen LogP contribution in [0.25, 0.3) is 17.1 Å². The van der Waals surface area contributed by atoms with Crippen molar-refractivity contribution in [1.29, 1.82) is 0 Å². The molecule has 2 aliphatic rings. The molecule has 2 atom stereocenters. The highest BCUT2D eigenvalue weighted by atomic mass is 15.3. The van der Waals surface area contributed by atoms with Crippen molar-refractivity contribution >= 4 is 5.70 Å². The molecule has 4 heteroatoms. The molecule has 22 heavy (non-hydrogen) atoms. The molecule has 0 saturated heterocycles. The summed E-state index contributed by atoms with van der Waals surface area (Å²) in [6.45, 7) is 5.35. The van der Waals surface area contributed by atoms with Crippen molar-refractivity contribution in [3.05, 3.63) is 54.0 Å². The lowest BCUT2D eigenvalue weighted by atomic mass is 9.98. The Morgan fingerprint density at radius 1 is 1.14 bits per heavy atom. The summed E-state index contributed by atoms with van der Waals surface area (Å²) in [4.78, 5) is 0. The lowest BCUT2D eigenvalue weighted by Gasteiger charge is -2.21. The van der Waals surface area contributed by atoms with Gasteiger partial charge in [0.25, 0.3) is 0 Å². The first-order chi connectivity index (χ1) is 10.7. The van der Waals surface area contributed by atoms with Gasteiger partial charge in [0.15, 0.2) is 5.82 Å². The third-order valence-corrected chi connectivity index (χ3v) is 4.45. The van der Waals surface area contributed by atoms with Crippen LogP contribution in [-0.2, 0) is 0 Å². The number of nitrogens with one attached hydrogen (secondary N) is 1. The van der Waals surface area contributed by atoms with Crippen LogP contribution in [0.4, 0.5) is 0 Å². The van der Waals surface area contributed by atoms with Gasteiger partial charge < -0.3 is 5.32 Å². The fraction of sp³-hybridized carbons (Fsp3) is 0.333. The van der Waals surface area contributed by atoms with Crippen molar-refractivity contribution in [2.75, 3.05) is 6.54 Å². The number of hydrogen-bond acceptors (Lipinski definition) is 3. The Labute approximate surface area is 130 Å². The fourth-order valence-corrected chi connectivity index (χ4v) is 3.22. The SMILES string of the molecule is CC1C=CC2=C(C1)n1c(-c3ccccc3)nnc1C(C)CN2. The number of benzene rings is 1. The standard InChI is InChI=1S/C18H20N4/c1-12-8-9-15-16(10-12)22-17(13(2)11-19-15)20-21-18(22)14-6-4-3-5-7-14/h3-9,12-13,19H,10-11H2,1-2H3. The van der Waals surface area contributed by atoms with Crippen molar-refractivity contribution in [1.82, 2.24) is 20.1 Å². The Hall–Kier alpha value is -2.36. The Morgan fingerprint density at radius 2 is 1.95 bits per heavy atom. The van der Waals surface area contributed by atoms with Crippen molar-refractivity contribution in [3.8, 4) is 11.4 Å². The minimum atomic E-state index is 0.333. The largest absolute Gasteiger partial charge is 0.383 e. The van der Waals surface area contributed by atoms with E-state index in [4.69, 9.17) is 0 Å². The minimum absolute atomic E-state index is 0.333. The molecule has 0 amide bonds. The molecule has 112 valence electrons. The number of nitrogens with zero attached hydrogens (tertiary/aromatic N) is 3. The number of rotatable bonds is 1. The molecule has 1 N–H and O–H groups in total. The number of allylic oxidation sites excluding steroid dienone is 3. The van der Waals surface area contributed by atoms with E-state index in [0.29, 0.717) is 11.8 Å². The molecule has 1 aliphatic heterocycles. The van der Waals surface area contributed by atoms with Gasteiger partial charge in [-0.2, -0.15) is 0 Å². The quantitative estimate of drug-likeness (QED) is 0.876. The normalized spacial score (nSPS) is 23.5. The van der Waals surface area contributed by atoms with Gasteiger partial charge in [0.05, 0.1) is 5.70 Å². The lowest BCUT2D eigenvalue weighted by molar-refractivity contribution is 0.656. The van der Waals surface area contributed by atoms with Gasteiger partial charge in [-0.25, -0.2) is 0 Å². The smallest absolute Gasteiger partial charge is 0.168 e. The van der Waals surface area contributed by atoms with Crippen molar-refractivity contribution in [2.45, 2.75) is 26.2 Å². The monoisotopic (exact) mass is 292 g/mol. The van der Waals surface area contributed by atoms with Crippen LogP contribution >= 0.6 is 0 Å². The van der Waals surface area contributed by atoms with Gasteiger partial charge >= 0.3 is 0 Å². The summed E-state index contributed by atoms with van der Waals surface area (Å²) in [6, 6.07) is 10.3. The van der Waals surface area contributed by atoms with Crippen LogP contribution in [0.3, 0.4) is 0 Å². The van der Waals surface area contributed by atoms with Gasteiger partial charge in [-0.3, -0.25) is 4.57 Å². The van der Waals surface area contributed by atoms with E-state index < -0.39 is 0 Å². The zero-order valence-corrected chi connectivity index (χ0v) is 13.0. The maximum absolute atomic E-state index is 4.50. The molecule has 0 fully saturated rings. The molecule has 0 bridgehead atoms.